The van der Waals surface area contributed by atoms with E-state index in [4.69, 9.17) is 12.2 Å². The van der Waals surface area contributed by atoms with Gasteiger partial charge >= 0.3 is 6.18 Å². The summed E-state index contributed by atoms with van der Waals surface area (Å²) >= 11 is 5.22. The molecule has 0 aromatic heterocycles. The highest BCUT2D eigenvalue weighted by Gasteiger charge is 2.33. The first-order valence-electron chi connectivity index (χ1n) is 7.54. The van der Waals surface area contributed by atoms with Gasteiger partial charge in [0.1, 0.15) is 0 Å². The zero-order valence-corrected chi connectivity index (χ0v) is 14.5. The molecule has 0 aliphatic heterocycles. The molecule has 2 aromatic carbocycles. The molecule has 0 saturated heterocycles. The van der Waals surface area contributed by atoms with Crippen molar-refractivity contribution in [1.82, 2.24) is 0 Å². The predicted octanol–water partition coefficient (Wildman–Crippen LogP) is 5.95. The fraction of sp³-hybridized carbons (Fsp3) is 0.278. The maximum Gasteiger partial charge on any atom is 0.418 e. The summed E-state index contributed by atoms with van der Waals surface area (Å²) in [6.45, 7) is 6.03. The number of anilines is 2. The Hall–Kier alpha value is -2.08. The van der Waals surface area contributed by atoms with Gasteiger partial charge in [-0.3, -0.25) is 0 Å². The average molecular weight is 352 g/mol. The number of hydrogen-bond acceptors (Lipinski definition) is 1. The molecule has 0 bridgehead atoms. The standard InChI is InChI=1S/C18H19F3N2S/c1-11(2)13-8-6-7-12(3)16(13)23-17(24)22-15-10-5-4-9-14(15)18(19,20)21/h4-11H,1-3H3,(H2,22,23,24). The molecule has 0 unspecified atom stereocenters. The Bertz CT molecular complexity index is 739. The van der Waals surface area contributed by atoms with E-state index in [1.807, 2.05) is 25.1 Å². The number of hydrogen-bond donors (Lipinski definition) is 2. The zero-order chi connectivity index (χ0) is 17.9. The van der Waals surface area contributed by atoms with Crippen LogP contribution in [0, 0.1) is 6.92 Å². The number of halogens is 3. The number of rotatable bonds is 3. The average Bonchev–Trinajstić information content (AvgIpc) is 2.48. The van der Waals surface area contributed by atoms with Crippen molar-refractivity contribution < 1.29 is 13.2 Å². The van der Waals surface area contributed by atoms with Gasteiger partial charge in [0, 0.05) is 5.69 Å². The summed E-state index contributed by atoms with van der Waals surface area (Å²) in [6.07, 6.45) is -4.44. The molecule has 2 aromatic rings. The number of aryl methyl sites for hydroxylation is 1. The van der Waals surface area contributed by atoms with Gasteiger partial charge in [0.05, 0.1) is 11.3 Å². The van der Waals surface area contributed by atoms with Crippen molar-refractivity contribution in [1.29, 1.82) is 0 Å². The SMILES string of the molecule is Cc1cccc(C(C)C)c1NC(=S)Nc1ccccc1C(F)(F)F. The molecule has 0 aliphatic rings. The minimum Gasteiger partial charge on any atom is -0.332 e. The summed E-state index contributed by atoms with van der Waals surface area (Å²) in [5, 5.41) is 5.83. The minimum absolute atomic E-state index is 0.0674. The smallest absolute Gasteiger partial charge is 0.332 e. The molecular weight excluding hydrogens is 333 g/mol. The molecule has 2 nitrogen and oxygen atoms in total. The van der Waals surface area contributed by atoms with Crippen LogP contribution in [0.1, 0.15) is 36.5 Å². The maximum absolute atomic E-state index is 13.1. The van der Waals surface area contributed by atoms with Gasteiger partial charge in [-0.05, 0) is 48.3 Å². The van der Waals surface area contributed by atoms with Crippen LogP contribution in [-0.2, 0) is 6.18 Å². The van der Waals surface area contributed by atoms with Crippen molar-refractivity contribution in [2.45, 2.75) is 32.9 Å². The third-order valence-corrected chi connectivity index (χ3v) is 3.85. The molecule has 2 N–H and O–H groups in total. The number of para-hydroxylation sites is 2. The lowest BCUT2D eigenvalue weighted by atomic mass is 9.98. The van der Waals surface area contributed by atoms with Gasteiger partial charge in [0.2, 0.25) is 0 Å². The molecule has 24 heavy (non-hydrogen) atoms. The largest absolute Gasteiger partial charge is 0.418 e. The van der Waals surface area contributed by atoms with Gasteiger partial charge in [-0.2, -0.15) is 13.2 Å². The number of alkyl halides is 3. The van der Waals surface area contributed by atoms with Crippen LogP contribution in [0.4, 0.5) is 24.5 Å². The van der Waals surface area contributed by atoms with Gasteiger partial charge in [0.15, 0.2) is 5.11 Å². The Morgan fingerprint density at radius 3 is 2.29 bits per heavy atom. The van der Waals surface area contributed by atoms with E-state index in [0.717, 1.165) is 22.9 Å². The Labute approximate surface area is 145 Å². The van der Waals surface area contributed by atoms with Crippen LogP contribution in [0.5, 0.6) is 0 Å². The van der Waals surface area contributed by atoms with E-state index in [9.17, 15) is 13.2 Å². The molecule has 0 heterocycles. The lowest BCUT2D eigenvalue weighted by molar-refractivity contribution is -0.136. The molecular formula is C18H19F3N2S. The Balaban J connectivity index is 2.25. The van der Waals surface area contributed by atoms with Crippen LogP contribution >= 0.6 is 12.2 Å². The molecule has 0 atom stereocenters. The third kappa shape index (κ3) is 4.26. The third-order valence-electron chi connectivity index (χ3n) is 3.65. The predicted molar refractivity (Wildman–Crippen MR) is 96.6 cm³/mol. The van der Waals surface area contributed by atoms with Crippen LogP contribution in [0.2, 0.25) is 0 Å². The zero-order valence-electron chi connectivity index (χ0n) is 13.7. The van der Waals surface area contributed by atoms with Gasteiger partial charge in [-0.15, -0.1) is 0 Å². The highest BCUT2D eigenvalue weighted by atomic mass is 32.1. The first-order valence-corrected chi connectivity index (χ1v) is 7.94. The van der Waals surface area contributed by atoms with E-state index in [2.05, 4.69) is 24.5 Å². The van der Waals surface area contributed by atoms with Crippen molar-refractivity contribution >= 4 is 28.7 Å². The second-order valence-electron chi connectivity index (χ2n) is 5.82. The lowest BCUT2D eigenvalue weighted by Gasteiger charge is -2.20. The van der Waals surface area contributed by atoms with Crippen molar-refractivity contribution in [2.75, 3.05) is 10.6 Å². The Morgan fingerprint density at radius 1 is 1.00 bits per heavy atom. The van der Waals surface area contributed by atoms with Crippen molar-refractivity contribution in [3.8, 4) is 0 Å². The van der Waals surface area contributed by atoms with Gasteiger partial charge in [0.25, 0.3) is 0 Å². The Morgan fingerprint density at radius 2 is 1.67 bits per heavy atom. The lowest BCUT2D eigenvalue weighted by Crippen LogP contribution is -2.22. The molecule has 0 spiro atoms. The fourth-order valence-corrected chi connectivity index (χ4v) is 2.66. The highest BCUT2D eigenvalue weighted by Crippen LogP contribution is 2.35. The van der Waals surface area contributed by atoms with E-state index >= 15 is 0 Å². The van der Waals surface area contributed by atoms with Gasteiger partial charge < -0.3 is 10.6 Å². The molecule has 0 amide bonds. The topological polar surface area (TPSA) is 24.1 Å². The van der Waals surface area contributed by atoms with Gasteiger partial charge in [-0.25, -0.2) is 0 Å². The van der Waals surface area contributed by atoms with Crippen molar-refractivity contribution in [2.24, 2.45) is 0 Å². The molecule has 0 radical (unpaired) electrons. The van der Waals surface area contributed by atoms with E-state index in [-0.39, 0.29) is 16.7 Å². The fourth-order valence-electron chi connectivity index (χ4n) is 2.45. The quantitative estimate of drug-likeness (QED) is 0.668. The number of benzene rings is 2. The summed E-state index contributed by atoms with van der Waals surface area (Å²) in [7, 11) is 0. The van der Waals surface area contributed by atoms with Crippen LogP contribution in [0.3, 0.4) is 0 Å². The van der Waals surface area contributed by atoms with E-state index in [1.54, 1.807) is 0 Å². The molecule has 128 valence electrons. The summed E-state index contributed by atoms with van der Waals surface area (Å²) in [5.41, 5.74) is 2.05. The summed E-state index contributed by atoms with van der Waals surface area (Å²) in [6, 6.07) is 11.1. The first kappa shape index (κ1) is 18.3. The molecule has 0 aliphatic carbocycles. The summed E-state index contributed by atoms with van der Waals surface area (Å²) in [5.74, 6) is 0.262. The highest BCUT2D eigenvalue weighted by molar-refractivity contribution is 7.80. The monoisotopic (exact) mass is 352 g/mol. The van der Waals surface area contributed by atoms with Crippen LogP contribution in [-0.4, -0.2) is 5.11 Å². The van der Waals surface area contributed by atoms with Crippen LogP contribution in [0.25, 0.3) is 0 Å². The number of thiocarbonyl (C=S) groups is 1. The van der Waals surface area contributed by atoms with E-state index < -0.39 is 11.7 Å². The number of nitrogens with one attached hydrogen (secondary N) is 2. The van der Waals surface area contributed by atoms with Crippen molar-refractivity contribution in [3.63, 3.8) is 0 Å². The van der Waals surface area contributed by atoms with E-state index in [1.165, 1.54) is 18.2 Å². The van der Waals surface area contributed by atoms with Crippen LogP contribution in [0.15, 0.2) is 42.5 Å². The first-order chi connectivity index (χ1) is 11.2. The summed E-state index contributed by atoms with van der Waals surface area (Å²) in [4.78, 5) is 0. The molecule has 0 fully saturated rings. The van der Waals surface area contributed by atoms with Gasteiger partial charge in [-0.1, -0.05) is 44.2 Å². The molecule has 2 rings (SSSR count). The Kier molecular flexibility index (Phi) is 5.49. The second-order valence-corrected chi connectivity index (χ2v) is 6.22. The van der Waals surface area contributed by atoms with Crippen LogP contribution < -0.4 is 10.6 Å². The molecule has 6 heteroatoms. The van der Waals surface area contributed by atoms with E-state index in [0.29, 0.717) is 0 Å². The second kappa shape index (κ2) is 7.21. The van der Waals surface area contributed by atoms with Crippen molar-refractivity contribution in [3.05, 3.63) is 59.2 Å². The maximum atomic E-state index is 13.1. The summed E-state index contributed by atoms with van der Waals surface area (Å²) < 4.78 is 39.2. The minimum atomic E-state index is -4.44. The normalized spacial score (nSPS) is 11.5. The molecule has 0 saturated carbocycles.